The lowest BCUT2D eigenvalue weighted by atomic mass is 10.1. The first-order valence-electron chi connectivity index (χ1n) is 12.5. The topological polar surface area (TPSA) is 114 Å². The van der Waals surface area contributed by atoms with Crippen LogP contribution in [0.25, 0.3) is 11.1 Å². The lowest BCUT2D eigenvalue weighted by Gasteiger charge is -2.27. The van der Waals surface area contributed by atoms with Gasteiger partial charge in [-0.2, -0.15) is 0 Å². The van der Waals surface area contributed by atoms with Crippen molar-refractivity contribution >= 4 is 11.8 Å². The van der Waals surface area contributed by atoms with Gasteiger partial charge in [-0.15, -0.1) is 0 Å². The number of carbonyl (C=O) groups is 2. The van der Waals surface area contributed by atoms with Gasteiger partial charge in [0.15, 0.2) is 0 Å². The Morgan fingerprint density at radius 1 is 1.05 bits per heavy atom. The molecule has 3 atom stereocenters. The van der Waals surface area contributed by atoms with E-state index in [9.17, 15) is 14.7 Å². The van der Waals surface area contributed by atoms with Gasteiger partial charge >= 0.3 is 0 Å². The van der Waals surface area contributed by atoms with E-state index in [1.165, 1.54) is 6.33 Å². The number of aliphatic hydroxyl groups is 1. The molecule has 3 heterocycles. The van der Waals surface area contributed by atoms with Gasteiger partial charge in [0.2, 0.25) is 0 Å². The monoisotopic (exact) mass is 502 g/mol. The molecule has 2 unspecified atom stereocenters. The molecule has 0 radical (unpaired) electrons. The second-order valence-corrected chi connectivity index (χ2v) is 9.39. The lowest BCUT2D eigenvalue weighted by Crippen LogP contribution is -2.45. The van der Waals surface area contributed by atoms with Crippen molar-refractivity contribution in [2.75, 3.05) is 19.7 Å². The number of aliphatic hydroxyl groups excluding tert-OH is 1. The van der Waals surface area contributed by atoms with Crippen molar-refractivity contribution in [1.29, 1.82) is 0 Å². The van der Waals surface area contributed by atoms with Crippen molar-refractivity contribution in [2.24, 2.45) is 0 Å². The van der Waals surface area contributed by atoms with Crippen LogP contribution in [0.2, 0.25) is 0 Å². The summed E-state index contributed by atoms with van der Waals surface area (Å²) in [6.45, 7) is 1.42. The molecule has 2 aliphatic rings. The predicted molar refractivity (Wildman–Crippen MR) is 136 cm³/mol. The van der Waals surface area contributed by atoms with Crippen LogP contribution in [0.5, 0.6) is 5.75 Å². The Balaban J connectivity index is 1.25. The van der Waals surface area contributed by atoms with Crippen molar-refractivity contribution in [2.45, 2.75) is 44.1 Å². The van der Waals surface area contributed by atoms with Crippen molar-refractivity contribution in [1.82, 2.24) is 20.2 Å². The third-order valence-corrected chi connectivity index (χ3v) is 6.76. The second-order valence-electron chi connectivity index (χ2n) is 9.39. The van der Waals surface area contributed by atoms with E-state index in [1.807, 2.05) is 24.3 Å². The van der Waals surface area contributed by atoms with Crippen LogP contribution < -0.4 is 10.1 Å². The molecule has 1 fully saturated rings. The van der Waals surface area contributed by atoms with E-state index < -0.39 is 6.10 Å². The van der Waals surface area contributed by atoms with Gasteiger partial charge in [-0.1, -0.05) is 30.3 Å². The maximum atomic E-state index is 13.1. The fourth-order valence-corrected chi connectivity index (χ4v) is 4.71. The summed E-state index contributed by atoms with van der Waals surface area (Å²) in [5.74, 6) is 0.0293. The van der Waals surface area contributed by atoms with Crippen LogP contribution >= 0.6 is 0 Å². The minimum Gasteiger partial charge on any atom is -0.491 e. The molecule has 2 amide bonds. The number of hydrogen-bond donors (Lipinski definition) is 2. The summed E-state index contributed by atoms with van der Waals surface area (Å²) in [5, 5.41) is 13.4. The van der Waals surface area contributed by atoms with E-state index in [1.54, 1.807) is 41.6 Å². The van der Waals surface area contributed by atoms with Gasteiger partial charge in [0.25, 0.3) is 11.8 Å². The Morgan fingerprint density at radius 3 is 2.68 bits per heavy atom. The number of hydrogen-bond acceptors (Lipinski definition) is 7. The number of ether oxygens (including phenoxy) is 2. The highest BCUT2D eigenvalue weighted by Gasteiger charge is 2.38. The standard InChI is InChI=1S/C28H30N4O5/c33-26-5-2-10-31-27(34)21-3-1-4-24(11-21)37-17-23-12-25(15-32(23)28(26)35)36-16-19-6-8-20(9-7-19)22-13-29-18-30-14-22/h1,3-4,6-9,11,13-14,18,23,25-26,33H,2,5,10,12,15-17H2,(H,31,34)/t23?,25?,26-/m0/s1. The van der Waals surface area contributed by atoms with Crippen LogP contribution in [-0.4, -0.2) is 69.7 Å². The number of benzene rings is 2. The molecule has 9 heteroatoms. The van der Waals surface area contributed by atoms with Crippen LogP contribution in [0.15, 0.2) is 67.3 Å². The summed E-state index contributed by atoms with van der Waals surface area (Å²) in [5.41, 5.74) is 3.51. The Labute approximate surface area is 215 Å². The highest BCUT2D eigenvalue weighted by atomic mass is 16.5. The van der Waals surface area contributed by atoms with Crippen molar-refractivity contribution in [3.63, 3.8) is 0 Å². The molecule has 2 aliphatic heterocycles. The van der Waals surface area contributed by atoms with Gasteiger partial charge in [0.1, 0.15) is 24.8 Å². The Hall–Kier alpha value is -3.82. The SMILES string of the molecule is O=C1NCCC[C@H](O)C(=O)N2CC(OCc3ccc(-c4cncnc4)cc3)CC2COc2cccc1c2. The van der Waals surface area contributed by atoms with Gasteiger partial charge in [-0.25, -0.2) is 9.97 Å². The van der Waals surface area contributed by atoms with Crippen LogP contribution in [-0.2, 0) is 16.1 Å². The highest BCUT2D eigenvalue weighted by molar-refractivity contribution is 5.94. The average molecular weight is 503 g/mol. The molecule has 2 bridgehead atoms. The van der Waals surface area contributed by atoms with Gasteiger partial charge < -0.3 is 24.8 Å². The molecule has 3 aromatic rings. The molecular formula is C28H30N4O5. The molecule has 1 saturated heterocycles. The number of amides is 2. The van der Waals surface area contributed by atoms with E-state index >= 15 is 0 Å². The fourth-order valence-electron chi connectivity index (χ4n) is 4.71. The summed E-state index contributed by atoms with van der Waals surface area (Å²) >= 11 is 0. The minimum atomic E-state index is -1.13. The lowest BCUT2D eigenvalue weighted by molar-refractivity contribution is -0.142. The number of nitrogens with zero attached hydrogens (tertiary/aromatic N) is 3. The second kappa shape index (κ2) is 11.5. The first-order chi connectivity index (χ1) is 18.1. The first kappa shape index (κ1) is 24.9. The molecule has 2 N–H and O–H groups in total. The number of rotatable bonds is 4. The molecular weight excluding hydrogens is 472 g/mol. The smallest absolute Gasteiger partial charge is 0.251 e. The summed E-state index contributed by atoms with van der Waals surface area (Å²) in [6, 6.07) is 14.8. The van der Waals surface area contributed by atoms with Gasteiger partial charge in [0, 0.05) is 36.6 Å². The van der Waals surface area contributed by atoms with Gasteiger partial charge in [-0.3, -0.25) is 9.59 Å². The van der Waals surface area contributed by atoms with E-state index in [-0.39, 0.29) is 37.0 Å². The quantitative estimate of drug-likeness (QED) is 0.564. The van der Waals surface area contributed by atoms with Crippen LogP contribution in [0.4, 0.5) is 0 Å². The largest absolute Gasteiger partial charge is 0.491 e. The number of fused-ring (bicyclic) bond motifs is 3. The van der Waals surface area contributed by atoms with Gasteiger partial charge in [0.05, 0.1) is 18.8 Å². The number of carbonyl (C=O) groups excluding carboxylic acids is 2. The molecule has 0 saturated carbocycles. The Morgan fingerprint density at radius 2 is 1.86 bits per heavy atom. The molecule has 192 valence electrons. The summed E-state index contributed by atoms with van der Waals surface area (Å²) in [7, 11) is 0. The van der Waals surface area contributed by atoms with Crippen LogP contribution in [0.1, 0.15) is 35.2 Å². The molecule has 1 aromatic heterocycles. The molecule has 37 heavy (non-hydrogen) atoms. The maximum Gasteiger partial charge on any atom is 0.251 e. The third-order valence-electron chi connectivity index (χ3n) is 6.76. The zero-order chi connectivity index (χ0) is 25.6. The molecule has 0 aliphatic carbocycles. The molecule has 9 nitrogen and oxygen atoms in total. The van der Waals surface area contributed by atoms with E-state index in [0.29, 0.717) is 43.9 Å². The van der Waals surface area contributed by atoms with Crippen LogP contribution in [0, 0.1) is 0 Å². The van der Waals surface area contributed by atoms with Crippen molar-refractivity contribution in [3.8, 4) is 16.9 Å². The zero-order valence-electron chi connectivity index (χ0n) is 20.5. The third kappa shape index (κ3) is 6.12. The Kier molecular flexibility index (Phi) is 7.72. The number of aromatic nitrogens is 2. The van der Waals surface area contributed by atoms with Gasteiger partial charge in [-0.05, 0) is 48.6 Å². The van der Waals surface area contributed by atoms with Crippen molar-refractivity contribution in [3.05, 3.63) is 78.4 Å². The zero-order valence-corrected chi connectivity index (χ0v) is 20.5. The highest BCUT2D eigenvalue weighted by Crippen LogP contribution is 2.26. The summed E-state index contributed by atoms with van der Waals surface area (Å²) in [4.78, 5) is 35.3. The van der Waals surface area contributed by atoms with Crippen molar-refractivity contribution < 1.29 is 24.2 Å². The molecule has 2 aromatic carbocycles. The predicted octanol–water partition coefficient (Wildman–Crippen LogP) is 2.59. The van der Waals surface area contributed by atoms with E-state index in [4.69, 9.17) is 9.47 Å². The minimum absolute atomic E-state index is 0.183. The number of nitrogens with one attached hydrogen (secondary N) is 1. The molecule has 5 rings (SSSR count). The normalized spacial score (nSPS) is 22.5. The summed E-state index contributed by atoms with van der Waals surface area (Å²) < 4.78 is 12.2. The fraction of sp³-hybridized carbons (Fsp3) is 0.357. The summed E-state index contributed by atoms with van der Waals surface area (Å²) in [6.07, 6.45) is 5.10. The van der Waals surface area contributed by atoms with E-state index in [2.05, 4.69) is 15.3 Å². The average Bonchev–Trinajstić information content (AvgIpc) is 3.36. The van der Waals surface area contributed by atoms with E-state index in [0.717, 1.165) is 16.7 Å². The molecule has 0 spiro atoms. The van der Waals surface area contributed by atoms with Crippen LogP contribution in [0.3, 0.4) is 0 Å². The maximum absolute atomic E-state index is 13.1. The Bertz CT molecular complexity index is 1220. The first-order valence-corrected chi connectivity index (χ1v) is 12.5.